The summed E-state index contributed by atoms with van der Waals surface area (Å²) in [6.07, 6.45) is 1.24. The van der Waals surface area contributed by atoms with Crippen molar-refractivity contribution < 1.29 is 13.5 Å². The highest BCUT2D eigenvalue weighted by Gasteiger charge is 2.35. The van der Waals surface area contributed by atoms with Gasteiger partial charge in [-0.2, -0.15) is 9.57 Å². The van der Waals surface area contributed by atoms with Crippen molar-refractivity contribution in [2.75, 3.05) is 13.1 Å². The van der Waals surface area contributed by atoms with Gasteiger partial charge in [-0.25, -0.2) is 8.42 Å². The van der Waals surface area contributed by atoms with E-state index in [1.807, 2.05) is 6.07 Å². The summed E-state index contributed by atoms with van der Waals surface area (Å²) in [4.78, 5) is 0.173. The van der Waals surface area contributed by atoms with E-state index in [1.165, 1.54) is 22.5 Å². The van der Waals surface area contributed by atoms with Gasteiger partial charge in [-0.3, -0.25) is 0 Å². The van der Waals surface area contributed by atoms with Crippen molar-refractivity contribution in [3.8, 4) is 6.07 Å². The first-order chi connectivity index (χ1) is 9.26. The molecule has 1 fully saturated rings. The number of aliphatic hydroxyl groups is 1. The molecule has 5 nitrogen and oxygen atoms in total. The van der Waals surface area contributed by atoms with Crippen LogP contribution in [0.4, 0.5) is 0 Å². The van der Waals surface area contributed by atoms with Crippen molar-refractivity contribution in [2.24, 2.45) is 0 Å². The highest BCUT2D eigenvalue weighted by molar-refractivity contribution is 7.89. The first-order valence-corrected chi connectivity index (χ1v) is 7.93. The van der Waals surface area contributed by atoms with E-state index in [2.05, 4.69) is 0 Å². The highest BCUT2D eigenvalue weighted by atomic mass is 32.2. The van der Waals surface area contributed by atoms with Gasteiger partial charge in [0.15, 0.2) is 0 Å². The van der Waals surface area contributed by atoms with E-state index in [1.54, 1.807) is 13.8 Å². The molecule has 0 saturated carbocycles. The van der Waals surface area contributed by atoms with Gasteiger partial charge in [0.25, 0.3) is 0 Å². The molecule has 0 bridgehead atoms. The molecule has 1 N–H and O–H groups in total. The summed E-state index contributed by atoms with van der Waals surface area (Å²) < 4.78 is 26.4. The van der Waals surface area contributed by atoms with Crippen LogP contribution in [0.1, 0.15) is 30.9 Å². The van der Waals surface area contributed by atoms with Crippen LogP contribution in [-0.2, 0) is 10.0 Å². The second-order valence-electron chi connectivity index (χ2n) is 5.53. The summed E-state index contributed by atoms with van der Waals surface area (Å²) in [6.45, 7) is 3.88. The van der Waals surface area contributed by atoms with Crippen LogP contribution in [-0.4, -0.2) is 36.5 Å². The number of rotatable bonds is 2. The Hall–Kier alpha value is -1.42. The largest absolute Gasteiger partial charge is 0.389 e. The van der Waals surface area contributed by atoms with Gasteiger partial charge in [-0.05, 0) is 50.5 Å². The average Bonchev–Trinajstić information content (AvgIpc) is 2.37. The molecule has 108 valence electrons. The predicted octanol–water partition coefficient (Wildman–Crippen LogP) is 1.40. The van der Waals surface area contributed by atoms with Crippen LogP contribution in [0.25, 0.3) is 0 Å². The van der Waals surface area contributed by atoms with E-state index in [0.717, 1.165) is 0 Å². The Morgan fingerprint density at radius 2 is 2.15 bits per heavy atom. The van der Waals surface area contributed by atoms with Gasteiger partial charge < -0.3 is 5.11 Å². The summed E-state index contributed by atoms with van der Waals surface area (Å²) >= 11 is 0. The quantitative estimate of drug-likeness (QED) is 0.894. The fraction of sp³-hybridized carbons (Fsp3) is 0.500. The highest BCUT2D eigenvalue weighted by Crippen LogP contribution is 2.26. The molecule has 1 aromatic rings. The van der Waals surface area contributed by atoms with E-state index in [4.69, 9.17) is 5.26 Å². The van der Waals surface area contributed by atoms with Crippen molar-refractivity contribution in [1.82, 2.24) is 4.31 Å². The molecule has 1 unspecified atom stereocenters. The minimum atomic E-state index is -3.62. The summed E-state index contributed by atoms with van der Waals surface area (Å²) in [6, 6.07) is 6.50. The molecule has 6 heteroatoms. The second-order valence-corrected chi connectivity index (χ2v) is 7.47. The maximum absolute atomic E-state index is 12.6. The predicted molar refractivity (Wildman–Crippen MR) is 74.5 cm³/mol. The van der Waals surface area contributed by atoms with E-state index in [0.29, 0.717) is 30.5 Å². The van der Waals surface area contributed by atoms with E-state index in [-0.39, 0.29) is 11.4 Å². The number of hydrogen-bond donors (Lipinski definition) is 1. The zero-order valence-electron chi connectivity index (χ0n) is 11.6. The van der Waals surface area contributed by atoms with E-state index < -0.39 is 15.6 Å². The molecule has 1 heterocycles. The first kappa shape index (κ1) is 15.0. The van der Waals surface area contributed by atoms with Crippen molar-refractivity contribution in [2.45, 2.75) is 37.2 Å². The molecule has 1 aliphatic heterocycles. The Morgan fingerprint density at radius 3 is 2.70 bits per heavy atom. The molecule has 0 amide bonds. The standard InChI is InChI=1S/C14H18N2O3S/c1-11-8-13(5-4-12(11)9-15)20(18,19)16-7-3-6-14(2,17)10-16/h4-5,8,17H,3,6-7,10H2,1-2H3. The van der Waals surface area contributed by atoms with Crippen LogP contribution >= 0.6 is 0 Å². The molecule has 0 spiro atoms. The SMILES string of the molecule is Cc1cc(S(=O)(=O)N2CCCC(C)(O)C2)ccc1C#N. The monoisotopic (exact) mass is 294 g/mol. The topological polar surface area (TPSA) is 81.4 Å². The molecule has 1 saturated heterocycles. The zero-order valence-corrected chi connectivity index (χ0v) is 12.4. The van der Waals surface area contributed by atoms with E-state index in [9.17, 15) is 13.5 Å². The molecular weight excluding hydrogens is 276 g/mol. The molecule has 1 aliphatic rings. The Kier molecular flexibility index (Phi) is 3.87. The van der Waals surface area contributed by atoms with Crippen LogP contribution in [0.3, 0.4) is 0 Å². The average molecular weight is 294 g/mol. The maximum Gasteiger partial charge on any atom is 0.243 e. The van der Waals surface area contributed by atoms with Gasteiger partial charge in [0.1, 0.15) is 0 Å². The molecule has 0 radical (unpaired) electrons. The Bertz CT molecular complexity index is 659. The zero-order chi connectivity index (χ0) is 15.0. The number of hydrogen-bond acceptors (Lipinski definition) is 4. The Morgan fingerprint density at radius 1 is 1.45 bits per heavy atom. The van der Waals surface area contributed by atoms with Gasteiger partial charge in [0.2, 0.25) is 10.0 Å². The number of nitriles is 1. The number of β-amino-alcohol motifs (C(OH)–C–C–N with tert-alkyl or cyclic N) is 1. The third-order valence-electron chi connectivity index (χ3n) is 3.60. The maximum atomic E-state index is 12.6. The van der Waals surface area contributed by atoms with Gasteiger partial charge in [-0.1, -0.05) is 0 Å². The molecule has 0 aliphatic carbocycles. The van der Waals surface area contributed by atoms with Gasteiger partial charge in [-0.15, -0.1) is 0 Å². The molecular formula is C14H18N2O3S. The number of nitrogens with zero attached hydrogens (tertiary/aromatic N) is 2. The minimum absolute atomic E-state index is 0.106. The van der Waals surface area contributed by atoms with Crippen LogP contribution in [0.2, 0.25) is 0 Å². The lowest BCUT2D eigenvalue weighted by atomic mass is 9.97. The third kappa shape index (κ3) is 2.85. The van der Waals surface area contributed by atoms with Crippen molar-refractivity contribution in [1.29, 1.82) is 5.26 Å². The summed E-state index contributed by atoms with van der Waals surface area (Å²) in [5.74, 6) is 0. The lowest BCUT2D eigenvalue weighted by molar-refractivity contribution is 0.00940. The van der Waals surface area contributed by atoms with E-state index >= 15 is 0 Å². The molecule has 1 atom stereocenters. The van der Waals surface area contributed by atoms with Gasteiger partial charge in [0, 0.05) is 13.1 Å². The van der Waals surface area contributed by atoms with Crippen molar-refractivity contribution >= 4 is 10.0 Å². The molecule has 0 aromatic heterocycles. The minimum Gasteiger partial charge on any atom is -0.389 e. The summed E-state index contributed by atoms with van der Waals surface area (Å²) in [5, 5.41) is 18.9. The van der Waals surface area contributed by atoms with Crippen molar-refractivity contribution in [3.63, 3.8) is 0 Å². The Labute approximate surface area is 119 Å². The fourth-order valence-corrected chi connectivity index (χ4v) is 4.13. The summed E-state index contributed by atoms with van der Waals surface area (Å²) in [5.41, 5.74) is 0.124. The van der Waals surface area contributed by atoms with Crippen LogP contribution in [0, 0.1) is 18.3 Å². The molecule has 1 aromatic carbocycles. The van der Waals surface area contributed by atoms with Crippen LogP contribution < -0.4 is 0 Å². The Balaban J connectivity index is 2.36. The molecule has 20 heavy (non-hydrogen) atoms. The lowest BCUT2D eigenvalue weighted by Crippen LogP contribution is -2.48. The van der Waals surface area contributed by atoms with Gasteiger partial charge in [0.05, 0.1) is 22.1 Å². The van der Waals surface area contributed by atoms with Crippen LogP contribution in [0.5, 0.6) is 0 Å². The van der Waals surface area contributed by atoms with Crippen molar-refractivity contribution in [3.05, 3.63) is 29.3 Å². The fourth-order valence-electron chi connectivity index (χ4n) is 2.45. The number of sulfonamides is 1. The lowest BCUT2D eigenvalue weighted by Gasteiger charge is -2.35. The summed E-state index contributed by atoms with van der Waals surface area (Å²) in [7, 11) is -3.62. The smallest absolute Gasteiger partial charge is 0.243 e. The first-order valence-electron chi connectivity index (χ1n) is 6.49. The number of benzene rings is 1. The second kappa shape index (κ2) is 5.17. The van der Waals surface area contributed by atoms with Crippen LogP contribution in [0.15, 0.2) is 23.1 Å². The number of piperidine rings is 1. The van der Waals surface area contributed by atoms with Gasteiger partial charge >= 0.3 is 0 Å². The third-order valence-corrected chi connectivity index (χ3v) is 5.44. The molecule has 2 rings (SSSR count). The normalized spacial score (nSPS) is 24.3. The number of aryl methyl sites for hydroxylation is 1.